The molecule has 4 rings (SSSR count). The van der Waals surface area contributed by atoms with Crippen molar-refractivity contribution in [3.05, 3.63) is 92.4 Å². The zero-order valence-electron chi connectivity index (χ0n) is 17.4. The summed E-state index contributed by atoms with van der Waals surface area (Å²) in [7, 11) is 0. The second-order valence-corrected chi connectivity index (χ2v) is 7.96. The van der Waals surface area contributed by atoms with E-state index in [1.807, 2.05) is 38.1 Å². The molecule has 0 saturated heterocycles. The second-order valence-electron chi connectivity index (χ2n) is 7.53. The SMILES string of the molecule is Cc1cc([C@@H](C)Nc2ccc(Cl)cc2C#N)c2oc(-c3cccnc3)c(C)c(=O)c2c1. The van der Waals surface area contributed by atoms with Crippen LogP contribution < -0.4 is 10.7 Å². The summed E-state index contributed by atoms with van der Waals surface area (Å²) in [6, 6.07) is 14.6. The van der Waals surface area contributed by atoms with Gasteiger partial charge in [-0.3, -0.25) is 9.78 Å². The third-order valence-electron chi connectivity index (χ3n) is 5.26. The van der Waals surface area contributed by atoms with Crippen molar-refractivity contribution in [1.82, 2.24) is 4.98 Å². The number of hydrogen-bond acceptors (Lipinski definition) is 5. The molecular formula is C25H20ClN3O2. The minimum Gasteiger partial charge on any atom is -0.455 e. The number of nitrogens with one attached hydrogen (secondary N) is 1. The van der Waals surface area contributed by atoms with Crippen LogP contribution in [0, 0.1) is 25.2 Å². The third-order valence-corrected chi connectivity index (χ3v) is 5.49. The van der Waals surface area contributed by atoms with E-state index in [1.54, 1.807) is 37.5 Å². The van der Waals surface area contributed by atoms with Crippen molar-refractivity contribution in [2.24, 2.45) is 0 Å². The summed E-state index contributed by atoms with van der Waals surface area (Å²) in [5.74, 6) is 0.507. The highest BCUT2D eigenvalue weighted by Gasteiger charge is 2.19. The predicted octanol–water partition coefficient (Wildman–Crippen LogP) is 6.17. The number of nitrogens with zero attached hydrogens (tertiary/aromatic N) is 2. The molecular weight excluding hydrogens is 410 g/mol. The van der Waals surface area contributed by atoms with Gasteiger partial charge in [-0.05, 0) is 62.7 Å². The van der Waals surface area contributed by atoms with Crippen molar-refractivity contribution in [3.8, 4) is 17.4 Å². The molecule has 154 valence electrons. The Morgan fingerprint density at radius 1 is 1.19 bits per heavy atom. The average molecular weight is 430 g/mol. The van der Waals surface area contributed by atoms with Crippen molar-refractivity contribution >= 4 is 28.3 Å². The molecule has 0 spiro atoms. The highest BCUT2D eigenvalue weighted by atomic mass is 35.5. The molecule has 0 radical (unpaired) electrons. The summed E-state index contributed by atoms with van der Waals surface area (Å²) in [6.07, 6.45) is 3.36. The fourth-order valence-electron chi connectivity index (χ4n) is 3.71. The van der Waals surface area contributed by atoms with Gasteiger partial charge < -0.3 is 9.73 Å². The zero-order chi connectivity index (χ0) is 22.1. The van der Waals surface area contributed by atoms with Crippen LogP contribution in [0.1, 0.15) is 35.2 Å². The van der Waals surface area contributed by atoms with Crippen molar-refractivity contribution in [1.29, 1.82) is 5.26 Å². The quantitative estimate of drug-likeness (QED) is 0.419. The van der Waals surface area contributed by atoms with E-state index in [0.717, 1.165) is 16.7 Å². The Morgan fingerprint density at radius 3 is 2.71 bits per heavy atom. The largest absolute Gasteiger partial charge is 0.455 e. The lowest BCUT2D eigenvalue weighted by atomic mass is 9.99. The molecule has 0 unspecified atom stereocenters. The molecule has 4 aromatic rings. The number of pyridine rings is 1. The first kappa shape index (κ1) is 20.6. The first-order valence-electron chi connectivity index (χ1n) is 9.83. The van der Waals surface area contributed by atoms with Crippen molar-refractivity contribution in [2.75, 3.05) is 5.32 Å². The van der Waals surface area contributed by atoms with Gasteiger partial charge in [0.2, 0.25) is 0 Å². The van der Waals surface area contributed by atoms with Crippen LogP contribution in [-0.2, 0) is 0 Å². The lowest BCUT2D eigenvalue weighted by Crippen LogP contribution is -2.13. The van der Waals surface area contributed by atoms with E-state index < -0.39 is 0 Å². The highest BCUT2D eigenvalue weighted by molar-refractivity contribution is 6.30. The zero-order valence-corrected chi connectivity index (χ0v) is 18.1. The summed E-state index contributed by atoms with van der Waals surface area (Å²) in [5.41, 5.74) is 4.64. The molecule has 2 aromatic heterocycles. The number of hydrogen-bond donors (Lipinski definition) is 1. The van der Waals surface area contributed by atoms with Crippen molar-refractivity contribution < 1.29 is 4.42 Å². The first-order valence-corrected chi connectivity index (χ1v) is 10.2. The number of nitriles is 1. The number of aromatic nitrogens is 1. The Balaban J connectivity index is 1.89. The standard InChI is InChI=1S/C25H20ClN3O2/c1-14-9-20(16(3)29-22-7-6-19(26)11-18(22)12-27)25-21(10-14)23(30)15(2)24(31-25)17-5-4-8-28-13-17/h4-11,13,16,29H,1-3H3/t16-/m1/s1. The van der Waals surface area contributed by atoms with Crippen LogP contribution in [0.5, 0.6) is 0 Å². The van der Waals surface area contributed by atoms with Crippen molar-refractivity contribution in [2.45, 2.75) is 26.8 Å². The molecule has 1 atom stereocenters. The minimum atomic E-state index is -0.233. The van der Waals surface area contributed by atoms with Gasteiger partial charge in [0.05, 0.1) is 22.7 Å². The van der Waals surface area contributed by atoms with Gasteiger partial charge in [-0.15, -0.1) is 0 Å². The fraction of sp³-hybridized carbons (Fsp3) is 0.160. The Hall–Kier alpha value is -3.62. The van der Waals surface area contributed by atoms with E-state index >= 15 is 0 Å². The maximum absolute atomic E-state index is 13.2. The van der Waals surface area contributed by atoms with Gasteiger partial charge in [0.25, 0.3) is 0 Å². The van der Waals surface area contributed by atoms with Crippen LogP contribution in [0.2, 0.25) is 5.02 Å². The Bertz CT molecular complexity index is 1390. The monoisotopic (exact) mass is 429 g/mol. The summed E-state index contributed by atoms with van der Waals surface area (Å²) in [4.78, 5) is 17.3. The third kappa shape index (κ3) is 3.90. The molecule has 5 nitrogen and oxygen atoms in total. The molecule has 0 aliphatic carbocycles. The predicted molar refractivity (Wildman–Crippen MR) is 123 cm³/mol. The number of benzene rings is 2. The summed E-state index contributed by atoms with van der Waals surface area (Å²) in [5, 5.41) is 13.9. The number of halogens is 1. The first-order chi connectivity index (χ1) is 14.9. The average Bonchev–Trinajstić information content (AvgIpc) is 2.77. The molecule has 0 amide bonds. The van der Waals surface area contributed by atoms with Crippen LogP contribution in [0.15, 0.2) is 64.1 Å². The van der Waals surface area contributed by atoms with Gasteiger partial charge >= 0.3 is 0 Å². The van der Waals surface area contributed by atoms with Gasteiger partial charge in [-0.25, -0.2) is 0 Å². The molecule has 0 saturated carbocycles. The smallest absolute Gasteiger partial charge is 0.196 e. The van der Waals surface area contributed by atoms with Gasteiger partial charge in [0.15, 0.2) is 5.43 Å². The molecule has 0 aliphatic heterocycles. The minimum absolute atomic E-state index is 0.0681. The molecule has 6 heteroatoms. The number of rotatable bonds is 4. The topological polar surface area (TPSA) is 78.9 Å². The summed E-state index contributed by atoms with van der Waals surface area (Å²) >= 11 is 6.02. The number of anilines is 1. The van der Waals surface area contributed by atoms with Crippen LogP contribution >= 0.6 is 11.6 Å². The molecule has 2 aromatic carbocycles. The maximum Gasteiger partial charge on any atom is 0.196 e. The van der Waals surface area contributed by atoms with Gasteiger partial charge in [0.1, 0.15) is 17.4 Å². The van der Waals surface area contributed by atoms with E-state index in [0.29, 0.717) is 38.6 Å². The van der Waals surface area contributed by atoms with Crippen LogP contribution in [-0.4, -0.2) is 4.98 Å². The number of aryl methyl sites for hydroxylation is 1. The van der Waals surface area contributed by atoms with E-state index in [2.05, 4.69) is 16.4 Å². The normalized spacial score (nSPS) is 11.8. The molecule has 1 N–H and O–H groups in total. The summed E-state index contributed by atoms with van der Waals surface area (Å²) in [6.45, 7) is 5.68. The highest BCUT2D eigenvalue weighted by Crippen LogP contribution is 2.32. The van der Waals surface area contributed by atoms with Crippen LogP contribution in [0.4, 0.5) is 5.69 Å². The molecule has 0 bridgehead atoms. The molecule has 0 aliphatic rings. The maximum atomic E-state index is 13.2. The molecule has 0 fully saturated rings. The Labute approximate surface area is 184 Å². The van der Waals surface area contributed by atoms with Crippen LogP contribution in [0.3, 0.4) is 0 Å². The number of fused-ring (bicyclic) bond motifs is 1. The van der Waals surface area contributed by atoms with Gasteiger partial charge in [0, 0.05) is 34.1 Å². The lowest BCUT2D eigenvalue weighted by molar-refractivity contribution is 0.605. The second kappa shape index (κ2) is 8.25. The summed E-state index contributed by atoms with van der Waals surface area (Å²) < 4.78 is 6.31. The van der Waals surface area contributed by atoms with Crippen molar-refractivity contribution in [3.63, 3.8) is 0 Å². The molecule has 2 heterocycles. The van der Waals surface area contributed by atoms with E-state index in [4.69, 9.17) is 16.0 Å². The van der Waals surface area contributed by atoms with Gasteiger partial charge in [-0.1, -0.05) is 17.7 Å². The van der Waals surface area contributed by atoms with E-state index in [9.17, 15) is 10.1 Å². The fourth-order valence-corrected chi connectivity index (χ4v) is 3.88. The van der Waals surface area contributed by atoms with E-state index in [1.165, 1.54) is 0 Å². The van der Waals surface area contributed by atoms with Gasteiger partial charge in [-0.2, -0.15) is 5.26 Å². The lowest BCUT2D eigenvalue weighted by Gasteiger charge is -2.19. The Morgan fingerprint density at radius 2 is 2.00 bits per heavy atom. The van der Waals surface area contributed by atoms with Crippen LogP contribution in [0.25, 0.3) is 22.3 Å². The Kier molecular flexibility index (Phi) is 5.50. The molecule has 31 heavy (non-hydrogen) atoms. The van der Waals surface area contributed by atoms with E-state index in [-0.39, 0.29) is 11.5 Å².